The predicted molar refractivity (Wildman–Crippen MR) is 95.2 cm³/mol. The summed E-state index contributed by atoms with van der Waals surface area (Å²) in [6.45, 7) is 6.99. The van der Waals surface area contributed by atoms with E-state index in [1.54, 1.807) is 0 Å². The van der Waals surface area contributed by atoms with Gasteiger partial charge in [-0.2, -0.15) is 0 Å². The second kappa shape index (κ2) is 9.30. The van der Waals surface area contributed by atoms with Gasteiger partial charge in [0.15, 0.2) is 0 Å². The quantitative estimate of drug-likeness (QED) is 0.495. The highest BCUT2D eigenvalue weighted by atomic mass is 16.5. The van der Waals surface area contributed by atoms with E-state index in [-0.39, 0.29) is 0 Å². The van der Waals surface area contributed by atoms with Crippen LogP contribution in [0.3, 0.4) is 0 Å². The monoisotopic (exact) mass is 295 g/mol. The number of hydrogen-bond acceptors (Lipinski definition) is 1. The van der Waals surface area contributed by atoms with Gasteiger partial charge in [0, 0.05) is 0 Å². The molecule has 22 heavy (non-hydrogen) atoms. The summed E-state index contributed by atoms with van der Waals surface area (Å²) >= 11 is 0. The van der Waals surface area contributed by atoms with E-state index >= 15 is 0 Å². The van der Waals surface area contributed by atoms with Gasteiger partial charge in [-0.05, 0) is 42.2 Å². The molecule has 0 aromatic heterocycles. The zero-order chi connectivity index (χ0) is 15.6. The molecule has 1 nitrogen and oxygen atoms in total. The number of ether oxygens (including phenoxy) is 1. The van der Waals surface area contributed by atoms with Crippen molar-refractivity contribution in [3.05, 3.63) is 61.0 Å². The first-order valence-corrected chi connectivity index (χ1v) is 8.45. The van der Waals surface area contributed by atoms with Gasteiger partial charge in [-0.3, -0.25) is 0 Å². The van der Waals surface area contributed by atoms with E-state index in [4.69, 9.17) is 4.74 Å². The van der Waals surface area contributed by atoms with Crippen LogP contribution < -0.4 is 4.74 Å². The Hall–Kier alpha value is -1.76. The van der Waals surface area contributed by atoms with Crippen molar-refractivity contribution in [2.24, 2.45) is 0 Å². The molecule has 2 aromatic rings. The fraction of sp³-hybridized carbons (Fsp3) is 0.381. The van der Waals surface area contributed by atoms with Gasteiger partial charge in [-0.15, -0.1) is 0 Å². The van der Waals surface area contributed by atoms with Gasteiger partial charge in [0.05, 0.1) is 6.61 Å². The van der Waals surface area contributed by atoms with Gasteiger partial charge < -0.3 is 4.74 Å². The van der Waals surface area contributed by atoms with Crippen molar-refractivity contribution in [3.8, 4) is 16.9 Å². The molecule has 0 aliphatic heterocycles. The lowest BCUT2D eigenvalue weighted by molar-refractivity contribution is 0.304. The standard InChI is InChI=1S/C21H27O/c1-3-4-5-6-7-8-17-22-21-15-13-20(14-16-21)19-11-9-18(2)10-12-19/h9-16H,2-8,17H2,1H3. The SMILES string of the molecule is [CH2]c1ccc(-c2ccc(OCCCCCCCC)cc2)cc1. The highest BCUT2D eigenvalue weighted by Crippen LogP contribution is 2.23. The van der Waals surface area contributed by atoms with Crippen molar-refractivity contribution >= 4 is 0 Å². The second-order valence-corrected chi connectivity index (χ2v) is 5.84. The summed E-state index contributed by atoms with van der Waals surface area (Å²) in [6, 6.07) is 16.7. The lowest BCUT2D eigenvalue weighted by Crippen LogP contribution is -1.97. The number of rotatable bonds is 9. The van der Waals surface area contributed by atoms with Gasteiger partial charge in [0.25, 0.3) is 0 Å². The van der Waals surface area contributed by atoms with Crippen LogP contribution >= 0.6 is 0 Å². The Morgan fingerprint density at radius 3 is 1.91 bits per heavy atom. The van der Waals surface area contributed by atoms with Crippen molar-refractivity contribution in [1.82, 2.24) is 0 Å². The van der Waals surface area contributed by atoms with E-state index in [0.29, 0.717) is 0 Å². The first-order valence-electron chi connectivity index (χ1n) is 8.45. The Bertz CT molecular complexity index is 525. The topological polar surface area (TPSA) is 9.23 Å². The smallest absolute Gasteiger partial charge is 0.119 e. The first kappa shape index (κ1) is 16.6. The number of hydrogen-bond donors (Lipinski definition) is 0. The molecule has 1 radical (unpaired) electrons. The molecule has 0 aliphatic carbocycles. The number of unbranched alkanes of at least 4 members (excludes halogenated alkanes) is 5. The minimum absolute atomic E-state index is 0.821. The predicted octanol–water partition coefficient (Wildman–Crippen LogP) is 6.28. The maximum absolute atomic E-state index is 5.81. The molecule has 0 amide bonds. The molecule has 0 spiro atoms. The molecule has 0 bridgehead atoms. The molecule has 0 N–H and O–H groups in total. The van der Waals surface area contributed by atoms with Crippen LogP contribution in [0.1, 0.15) is 51.0 Å². The lowest BCUT2D eigenvalue weighted by atomic mass is 10.0. The average Bonchev–Trinajstić information content (AvgIpc) is 2.55. The molecule has 0 fully saturated rings. The summed E-state index contributed by atoms with van der Waals surface area (Å²) in [6.07, 6.45) is 7.78. The molecule has 0 unspecified atom stereocenters. The summed E-state index contributed by atoms with van der Waals surface area (Å²) in [5, 5.41) is 0. The van der Waals surface area contributed by atoms with Crippen LogP contribution in [0.2, 0.25) is 0 Å². The van der Waals surface area contributed by atoms with Gasteiger partial charge in [-0.25, -0.2) is 0 Å². The van der Waals surface area contributed by atoms with Gasteiger partial charge in [-0.1, -0.05) is 75.4 Å². The summed E-state index contributed by atoms with van der Waals surface area (Å²) in [7, 11) is 0. The molecule has 0 atom stereocenters. The van der Waals surface area contributed by atoms with E-state index in [9.17, 15) is 0 Å². The fourth-order valence-electron chi connectivity index (χ4n) is 2.51. The van der Waals surface area contributed by atoms with E-state index < -0.39 is 0 Å². The zero-order valence-corrected chi connectivity index (χ0v) is 13.7. The Kier molecular flexibility index (Phi) is 7.02. The summed E-state index contributed by atoms with van der Waals surface area (Å²) in [4.78, 5) is 0. The molecular weight excluding hydrogens is 268 g/mol. The Morgan fingerprint density at radius 1 is 0.727 bits per heavy atom. The largest absolute Gasteiger partial charge is 0.494 e. The third-order valence-corrected chi connectivity index (χ3v) is 3.91. The van der Waals surface area contributed by atoms with E-state index in [1.165, 1.54) is 43.2 Å². The van der Waals surface area contributed by atoms with Crippen LogP contribution in [-0.2, 0) is 0 Å². The first-order chi connectivity index (χ1) is 10.8. The van der Waals surface area contributed by atoms with E-state index in [2.05, 4.69) is 50.2 Å². The molecule has 0 aliphatic rings. The third kappa shape index (κ3) is 5.55. The van der Waals surface area contributed by atoms with Gasteiger partial charge in [0.2, 0.25) is 0 Å². The van der Waals surface area contributed by atoms with Crippen molar-refractivity contribution in [2.75, 3.05) is 6.61 Å². The zero-order valence-electron chi connectivity index (χ0n) is 13.7. The van der Waals surface area contributed by atoms with Crippen LogP contribution in [0.15, 0.2) is 48.5 Å². The number of benzene rings is 2. The van der Waals surface area contributed by atoms with Crippen molar-refractivity contribution < 1.29 is 4.74 Å². The molecule has 0 saturated carbocycles. The lowest BCUT2D eigenvalue weighted by Gasteiger charge is -2.08. The summed E-state index contributed by atoms with van der Waals surface area (Å²) < 4.78 is 5.81. The van der Waals surface area contributed by atoms with Crippen LogP contribution in [-0.4, -0.2) is 6.61 Å². The minimum atomic E-state index is 0.821. The Balaban J connectivity index is 1.74. The van der Waals surface area contributed by atoms with Crippen molar-refractivity contribution in [2.45, 2.75) is 45.4 Å². The van der Waals surface area contributed by atoms with Crippen LogP contribution in [0.25, 0.3) is 11.1 Å². The Morgan fingerprint density at radius 2 is 1.27 bits per heavy atom. The normalized spacial score (nSPS) is 10.6. The van der Waals surface area contributed by atoms with E-state index in [1.807, 2.05) is 12.1 Å². The second-order valence-electron chi connectivity index (χ2n) is 5.84. The maximum atomic E-state index is 5.81. The molecule has 0 saturated heterocycles. The van der Waals surface area contributed by atoms with Gasteiger partial charge in [0.1, 0.15) is 5.75 Å². The van der Waals surface area contributed by atoms with Gasteiger partial charge >= 0.3 is 0 Å². The summed E-state index contributed by atoms with van der Waals surface area (Å²) in [5.41, 5.74) is 3.48. The summed E-state index contributed by atoms with van der Waals surface area (Å²) in [5.74, 6) is 0.964. The van der Waals surface area contributed by atoms with Crippen LogP contribution in [0.5, 0.6) is 5.75 Å². The molecule has 2 aromatic carbocycles. The van der Waals surface area contributed by atoms with Crippen LogP contribution in [0.4, 0.5) is 0 Å². The molecule has 117 valence electrons. The fourth-order valence-corrected chi connectivity index (χ4v) is 2.51. The van der Waals surface area contributed by atoms with E-state index in [0.717, 1.165) is 24.3 Å². The average molecular weight is 295 g/mol. The highest BCUT2D eigenvalue weighted by molar-refractivity contribution is 5.64. The Labute approximate surface area is 135 Å². The van der Waals surface area contributed by atoms with Crippen molar-refractivity contribution in [3.63, 3.8) is 0 Å². The highest BCUT2D eigenvalue weighted by Gasteiger charge is 1.99. The maximum Gasteiger partial charge on any atom is 0.119 e. The molecular formula is C21H27O. The minimum Gasteiger partial charge on any atom is -0.494 e. The molecule has 2 rings (SSSR count). The van der Waals surface area contributed by atoms with Crippen molar-refractivity contribution in [1.29, 1.82) is 0 Å². The molecule has 1 heteroatoms. The molecule has 0 heterocycles. The third-order valence-electron chi connectivity index (χ3n) is 3.91. The van der Waals surface area contributed by atoms with Crippen LogP contribution in [0, 0.1) is 6.92 Å².